The normalized spacial score (nSPS) is 12.4. The molecule has 0 radical (unpaired) electrons. The Balaban J connectivity index is -0.000000125. The summed E-state index contributed by atoms with van der Waals surface area (Å²) in [5.41, 5.74) is 0. The molecule has 0 aromatic rings. The maximum Gasteiger partial charge on any atom is 1.00 e. The van der Waals surface area contributed by atoms with Gasteiger partial charge >= 0.3 is 51.4 Å². The molecule has 0 aromatic heterocycles. The Labute approximate surface area is 89.4 Å². The van der Waals surface area contributed by atoms with Crippen molar-refractivity contribution in [1.29, 1.82) is 0 Å². The van der Waals surface area contributed by atoms with Crippen molar-refractivity contribution in [3.63, 3.8) is 0 Å². The van der Waals surface area contributed by atoms with Crippen molar-refractivity contribution in [3.8, 4) is 0 Å². The zero-order valence-corrected chi connectivity index (χ0v) is 8.56. The number of hydrogen-bond acceptors (Lipinski definition) is 1. The van der Waals surface area contributed by atoms with Gasteiger partial charge in [0.2, 0.25) is 0 Å². The van der Waals surface area contributed by atoms with Crippen molar-refractivity contribution >= 4 is 0 Å². The molecule has 1 N–H and O–H groups in total. The third-order valence-electron chi connectivity index (χ3n) is 0.706. The summed E-state index contributed by atoms with van der Waals surface area (Å²) in [6.45, 7) is 3.87. The van der Waals surface area contributed by atoms with E-state index in [1.807, 2.05) is 6.92 Å². The molecule has 0 aliphatic carbocycles. The van der Waals surface area contributed by atoms with Crippen molar-refractivity contribution in [3.05, 3.63) is 0 Å². The van der Waals surface area contributed by atoms with E-state index in [1.165, 1.54) is 0 Å². The number of aliphatic hydroxyl groups is 1. The average Bonchev–Trinajstić information content (AvgIpc) is 1.35. The van der Waals surface area contributed by atoms with Crippen LogP contribution in [0.25, 0.3) is 0 Å². The van der Waals surface area contributed by atoms with Crippen LogP contribution in [0.5, 0.6) is 0 Å². The molecule has 0 saturated carbocycles. The van der Waals surface area contributed by atoms with E-state index in [9.17, 15) is 0 Å². The number of aliphatic hydroxyl groups excluding tert-OH is 1. The average molecular weight is 128 g/mol. The first kappa shape index (κ1) is 11.4. The van der Waals surface area contributed by atoms with Crippen molar-refractivity contribution in [2.45, 2.75) is 32.8 Å². The second-order valence-corrected chi connectivity index (χ2v) is 1.64. The summed E-state index contributed by atoms with van der Waals surface area (Å²) < 4.78 is 0. The topological polar surface area (TPSA) is 20.2 Å². The first-order valence-electron chi connectivity index (χ1n) is 2.45. The van der Waals surface area contributed by atoms with Crippen molar-refractivity contribution in [2.75, 3.05) is 0 Å². The minimum Gasteiger partial charge on any atom is -1.00 e. The van der Waals surface area contributed by atoms with Crippen LogP contribution in [-0.2, 0) is 0 Å². The summed E-state index contributed by atoms with van der Waals surface area (Å²) in [5.74, 6) is 0. The molecular weight excluding hydrogens is 115 g/mol. The fraction of sp³-hybridized carbons (Fsp3) is 1.00. The number of hydrogen-bond donors (Lipinski definition) is 1. The van der Waals surface area contributed by atoms with E-state index < -0.39 is 0 Å². The van der Waals surface area contributed by atoms with Gasteiger partial charge < -0.3 is 6.53 Å². The minimum absolute atomic E-state index is 0. The van der Waals surface area contributed by atoms with E-state index in [0.29, 0.717) is 0 Å². The summed E-state index contributed by atoms with van der Waals surface area (Å²) >= 11 is 0. The van der Waals surface area contributed by atoms with Gasteiger partial charge in [-0.1, -0.05) is 13.3 Å². The Bertz CT molecular complexity index is 33.6. The first-order valence-corrected chi connectivity index (χ1v) is 2.45. The molecule has 1 atom stereocenters. The van der Waals surface area contributed by atoms with Crippen LogP contribution in [0.15, 0.2) is 0 Å². The van der Waals surface area contributed by atoms with Crippen molar-refractivity contribution in [2.24, 2.45) is 0 Å². The van der Waals surface area contributed by atoms with Crippen LogP contribution in [0.4, 0.5) is 0 Å². The minimum atomic E-state index is -0.102. The Hall–Kier alpha value is 1.60. The molecule has 0 spiro atoms. The Morgan fingerprint density at radius 2 is 2.14 bits per heavy atom. The summed E-state index contributed by atoms with van der Waals surface area (Å²) in [4.78, 5) is 0. The summed E-state index contributed by atoms with van der Waals surface area (Å²) in [6.07, 6.45) is 1.91. The van der Waals surface area contributed by atoms with Crippen LogP contribution in [0, 0.1) is 0 Å². The van der Waals surface area contributed by atoms with Crippen LogP contribution >= 0.6 is 0 Å². The third kappa shape index (κ3) is 11.3. The number of rotatable bonds is 2. The fourth-order valence-electron chi connectivity index (χ4n) is 0.418. The zero-order chi connectivity index (χ0) is 4.99. The molecule has 1 unspecified atom stereocenters. The fourth-order valence-corrected chi connectivity index (χ4v) is 0.418. The van der Waals surface area contributed by atoms with Gasteiger partial charge in [0.1, 0.15) is 0 Å². The third-order valence-corrected chi connectivity index (χ3v) is 0.706. The van der Waals surface area contributed by atoms with Crippen molar-refractivity contribution < 1.29 is 57.9 Å². The molecule has 0 aliphatic heterocycles. The molecule has 2 heteroatoms. The molecular formula is C5H13KO. The molecule has 0 bridgehead atoms. The van der Waals surface area contributed by atoms with Crippen LogP contribution in [-0.4, -0.2) is 11.2 Å². The maximum absolute atomic E-state index is 8.55. The van der Waals surface area contributed by atoms with E-state index in [2.05, 4.69) is 6.92 Å². The molecule has 0 fully saturated rings. The van der Waals surface area contributed by atoms with E-state index in [4.69, 9.17) is 5.11 Å². The van der Waals surface area contributed by atoms with Gasteiger partial charge in [0, 0.05) is 0 Å². The SMILES string of the molecule is CCCC(C)O.[H-].[K+]. The standard InChI is InChI=1S/C5H12O.K.H/c1-3-4-5(2)6;;/h5-6H,3-4H2,1-2H3;;/q;+1;-1. The largest absolute Gasteiger partial charge is 1.00 e. The molecule has 0 aliphatic rings. The molecule has 0 amide bonds. The second-order valence-electron chi connectivity index (χ2n) is 1.64. The maximum atomic E-state index is 8.55. The Morgan fingerprint density at radius 3 is 2.14 bits per heavy atom. The van der Waals surface area contributed by atoms with Crippen LogP contribution in [0.2, 0.25) is 0 Å². The van der Waals surface area contributed by atoms with Gasteiger partial charge in [0.25, 0.3) is 0 Å². The Morgan fingerprint density at radius 1 is 1.71 bits per heavy atom. The molecule has 7 heavy (non-hydrogen) atoms. The van der Waals surface area contributed by atoms with E-state index in [1.54, 1.807) is 0 Å². The van der Waals surface area contributed by atoms with Gasteiger partial charge in [-0.2, -0.15) is 0 Å². The monoisotopic (exact) mass is 128 g/mol. The van der Waals surface area contributed by atoms with E-state index in [0.717, 1.165) is 12.8 Å². The van der Waals surface area contributed by atoms with Crippen LogP contribution in [0.1, 0.15) is 28.1 Å². The molecule has 0 saturated heterocycles. The molecule has 0 aromatic carbocycles. The van der Waals surface area contributed by atoms with Gasteiger partial charge in [0.15, 0.2) is 0 Å². The van der Waals surface area contributed by atoms with Crippen LogP contribution < -0.4 is 51.4 Å². The molecule has 0 heterocycles. The summed E-state index contributed by atoms with van der Waals surface area (Å²) in [5, 5.41) is 8.55. The van der Waals surface area contributed by atoms with Gasteiger partial charge in [-0.3, -0.25) is 0 Å². The van der Waals surface area contributed by atoms with Gasteiger partial charge in [-0.25, -0.2) is 0 Å². The second kappa shape index (κ2) is 7.60. The Kier molecular flexibility index (Phi) is 12.4. The quantitative estimate of drug-likeness (QED) is 0.439. The first-order chi connectivity index (χ1) is 2.77. The molecule has 40 valence electrons. The van der Waals surface area contributed by atoms with E-state index in [-0.39, 0.29) is 58.9 Å². The van der Waals surface area contributed by atoms with Gasteiger partial charge in [-0.05, 0) is 13.3 Å². The smallest absolute Gasteiger partial charge is 1.00 e. The predicted octanol–water partition coefficient (Wildman–Crippen LogP) is -1.72. The molecule has 1 nitrogen and oxygen atoms in total. The summed E-state index contributed by atoms with van der Waals surface area (Å²) in [6, 6.07) is 0. The predicted molar refractivity (Wildman–Crippen MR) is 27.7 cm³/mol. The van der Waals surface area contributed by atoms with Crippen LogP contribution in [0.3, 0.4) is 0 Å². The van der Waals surface area contributed by atoms with E-state index >= 15 is 0 Å². The summed E-state index contributed by atoms with van der Waals surface area (Å²) in [7, 11) is 0. The van der Waals surface area contributed by atoms with Gasteiger partial charge in [0.05, 0.1) is 6.10 Å². The van der Waals surface area contributed by atoms with Crippen molar-refractivity contribution in [1.82, 2.24) is 0 Å². The van der Waals surface area contributed by atoms with Gasteiger partial charge in [-0.15, -0.1) is 0 Å². The zero-order valence-electron chi connectivity index (χ0n) is 6.44. The molecule has 0 rings (SSSR count).